The van der Waals surface area contributed by atoms with Crippen LogP contribution in [0.1, 0.15) is 19.3 Å². The van der Waals surface area contributed by atoms with Gasteiger partial charge < -0.3 is 18.9 Å². The first-order valence-electron chi connectivity index (χ1n) is 9.76. The summed E-state index contributed by atoms with van der Waals surface area (Å²) in [6.07, 6.45) is 7.64. The number of hydrogen-bond donors (Lipinski definition) is 0. The summed E-state index contributed by atoms with van der Waals surface area (Å²) in [6.45, 7) is 1.72. The van der Waals surface area contributed by atoms with Gasteiger partial charge in [-0.3, -0.25) is 4.79 Å². The van der Waals surface area contributed by atoms with Gasteiger partial charge in [-0.2, -0.15) is 0 Å². The SMILES string of the molecule is COC(=O)CCOC[C@@H]1CCCN1c1cc(-n2ccnc2)c2ccc(Cl)c(Cl)c2n1. The van der Waals surface area contributed by atoms with E-state index in [9.17, 15) is 4.79 Å². The molecule has 158 valence electrons. The molecule has 0 radical (unpaired) electrons. The number of fused-ring (bicyclic) bond motifs is 1. The van der Waals surface area contributed by atoms with Crippen LogP contribution in [0.25, 0.3) is 16.6 Å². The fourth-order valence-electron chi connectivity index (χ4n) is 3.75. The average Bonchev–Trinajstić information content (AvgIpc) is 3.45. The highest BCUT2D eigenvalue weighted by Gasteiger charge is 2.27. The zero-order chi connectivity index (χ0) is 21.1. The molecule has 7 nitrogen and oxygen atoms in total. The molecule has 0 bridgehead atoms. The Morgan fingerprint density at radius 3 is 2.97 bits per heavy atom. The number of anilines is 1. The van der Waals surface area contributed by atoms with E-state index in [4.69, 9.17) is 32.9 Å². The Bertz CT molecular complexity index is 1040. The minimum atomic E-state index is -0.272. The van der Waals surface area contributed by atoms with E-state index in [0.29, 0.717) is 28.8 Å². The molecule has 3 heterocycles. The monoisotopic (exact) mass is 448 g/mol. The number of halogens is 2. The summed E-state index contributed by atoms with van der Waals surface area (Å²) in [5, 5.41) is 1.80. The second kappa shape index (κ2) is 9.20. The summed E-state index contributed by atoms with van der Waals surface area (Å²) in [4.78, 5) is 22.5. The molecule has 1 atom stereocenters. The molecule has 3 aromatic rings. The molecule has 1 saturated heterocycles. The zero-order valence-electron chi connectivity index (χ0n) is 16.6. The number of esters is 1. The van der Waals surface area contributed by atoms with Crippen LogP contribution in [-0.4, -0.2) is 53.4 Å². The number of benzene rings is 1. The Balaban J connectivity index is 1.64. The van der Waals surface area contributed by atoms with Crippen molar-refractivity contribution in [1.82, 2.24) is 14.5 Å². The number of nitrogens with zero attached hydrogens (tertiary/aromatic N) is 4. The number of imidazole rings is 1. The molecular formula is C21H22Cl2N4O3. The first kappa shape index (κ1) is 20.9. The molecule has 1 aromatic carbocycles. The summed E-state index contributed by atoms with van der Waals surface area (Å²) in [5.41, 5.74) is 1.59. The molecule has 0 saturated carbocycles. The number of ether oxygens (including phenoxy) is 2. The third kappa shape index (κ3) is 4.24. The maximum Gasteiger partial charge on any atom is 0.307 e. The molecule has 30 heavy (non-hydrogen) atoms. The number of rotatable bonds is 7. The third-order valence-electron chi connectivity index (χ3n) is 5.28. The standard InChI is InChI=1S/C21H22Cl2N4O3/c1-29-19(28)6-10-30-12-14-3-2-8-27(14)18-11-17(26-9-7-24-13-26)15-4-5-16(22)20(23)21(15)25-18/h4-5,7,9,11,13-14H,2-3,6,8,10,12H2,1H3/t14-/m0/s1. The van der Waals surface area contributed by atoms with Gasteiger partial charge in [-0.1, -0.05) is 23.2 Å². The van der Waals surface area contributed by atoms with Gasteiger partial charge in [0.05, 0.1) is 60.4 Å². The Morgan fingerprint density at radius 2 is 2.20 bits per heavy atom. The number of carbonyl (C=O) groups is 1. The van der Waals surface area contributed by atoms with Gasteiger partial charge in [0, 0.05) is 30.4 Å². The molecule has 2 aromatic heterocycles. The van der Waals surface area contributed by atoms with Gasteiger partial charge in [-0.15, -0.1) is 0 Å². The molecule has 4 rings (SSSR count). The second-order valence-corrected chi connectivity index (χ2v) is 7.90. The molecule has 0 amide bonds. The lowest BCUT2D eigenvalue weighted by molar-refractivity contribution is -0.141. The Labute approximate surface area is 184 Å². The van der Waals surface area contributed by atoms with E-state index in [2.05, 4.69) is 14.6 Å². The van der Waals surface area contributed by atoms with Crippen molar-refractivity contribution in [2.24, 2.45) is 0 Å². The van der Waals surface area contributed by atoms with E-state index in [-0.39, 0.29) is 18.4 Å². The number of methoxy groups -OCH3 is 1. The van der Waals surface area contributed by atoms with Crippen LogP contribution in [0, 0.1) is 0 Å². The summed E-state index contributed by atoms with van der Waals surface area (Å²) < 4.78 is 12.3. The van der Waals surface area contributed by atoms with Gasteiger partial charge in [0.25, 0.3) is 0 Å². The van der Waals surface area contributed by atoms with Crippen molar-refractivity contribution in [3.8, 4) is 5.69 Å². The molecule has 1 fully saturated rings. The van der Waals surface area contributed by atoms with E-state index in [1.54, 1.807) is 18.6 Å². The molecule has 1 aliphatic heterocycles. The number of aromatic nitrogens is 3. The zero-order valence-corrected chi connectivity index (χ0v) is 18.1. The van der Waals surface area contributed by atoms with Gasteiger partial charge in [-0.05, 0) is 25.0 Å². The van der Waals surface area contributed by atoms with Gasteiger partial charge >= 0.3 is 5.97 Å². The molecule has 0 unspecified atom stereocenters. The molecule has 0 aliphatic carbocycles. The van der Waals surface area contributed by atoms with E-state index in [1.165, 1.54) is 7.11 Å². The highest BCUT2D eigenvalue weighted by Crippen LogP contribution is 2.36. The number of pyridine rings is 1. The van der Waals surface area contributed by atoms with Gasteiger partial charge in [-0.25, -0.2) is 9.97 Å². The molecule has 0 N–H and O–H groups in total. The molecule has 9 heteroatoms. The molecular weight excluding hydrogens is 427 g/mol. The van der Waals surface area contributed by atoms with Crippen molar-refractivity contribution in [2.45, 2.75) is 25.3 Å². The van der Waals surface area contributed by atoms with Crippen LogP contribution in [0.4, 0.5) is 5.82 Å². The Hall–Kier alpha value is -2.35. The lowest BCUT2D eigenvalue weighted by atomic mass is 10.1. The first-order valence-corrected chi connectivity index (χ1v) is 10.5. The minimum absolute atomic E-state index is 0.168. The maximum absolute atomic E-state index is 11.3. The predicted molar refractivity (Wildman–Crippen MR) is 117 cm³/mol. The fraction of sp³-hybridized carbons (Fsp3) is 0.381. The number of hydrogen-bond acceptors (Lipinski definition) is 6. The van der Waals surface area contributed by atoms with Crippen LogP contribution in [0.2, 0.25) is 10.0 Å². The summed E-state index contributed by atoms with van der Waals surface area (Å²) in [7, 11) is 1.38. The smallest absolute Gasteiger partial charge is 0.307 e. The topological polar surface area (TPSA) is 69.5 Å². The highest BCUT2D eigenvalue weighted by atomic mass is 35.5. The molecule has 0 spiro atoms. The Kier molecular flexibility index (Phi) is 6.41. The number of carbonyl (C=O) groups excluding carboxylic acids is 1. The summed E-state index contributed by atoms with van der Waals surface area (Å²) in [6, 6.07) is 5.91. The van der Waals surface area contributed by atoms with E-state index in [0.717, 1.165) is 36.3 Å². The largest absolute Gasteiger partial charge is 0.469 e. The fourth-order valence-corrected chi connectivity index (χ4v) is 4.11. The van der Waals surface area contributed by atoms with Crippen LogP contribution in [-0.2, 0) is 14.3 Å². The average molecular weight is 449 g/mol. The van der Waals surface area contributed by atoms with Crippen LogP contribution in [0.3, 0.4) is 0 Å². The van der Waals surface area contributed by atoms with Gasteiger partial charge in [0.1, 0.15) is 5.82 Å². The van der Waals surface area contributed by atoms with Crippen LogP contribution in [0.5, 0.6) is 0 Å². The van der Waals surface area contributed by atoms with Crippen molar-refractivity contribution < 1.29 is 14.3 Å². The highest BCUT2D eigenvalue weighted by molar-refractivity contribution is 6.45. The third-order valence-corrected chi connectivity index (χ3v) is 6.07. The maximum atomic E-state index is 11.3. The first-order chi connectivity index (χ1) is 14.6. The van der Waals surface area contributed by atoms with Crippen LogP contribution < -0.4 is 4.90 Å². The minimum Gasteiger partial charge on any atom is -0.469 e. The van der Waals surface area contributed by atoms with Crippen molar-refractivity contribution in [3.63, 3.8) is 0 Å². The molecule has 1 aliphatic rings. The van der Waals surface area contributed by atoms with Crippen molar-refractivity contribution in [2.75, 3.05) is 31.8 Å². The van der Waals surface area contributed by atoms with Crippen LogP contribution >= 0.6 is 23.2 Å². The van der Waals surface area contributed by atoms with E-state index >= 15 is 0 Å². The second-order valence-electron chi connectivity index (χ2n) is 7.12. The van der Waals surface area contributed by atoms with Crippen molar-refractivity contribution in [1.29, 1.82) is 0 Å². The van der Waals surface area contributed by atoms with E-state index < -0.39 is 0 Å². The predicted octanol–water partition coefficient (Wildman–Crippen LogP) is 4.28. The van der Waals surface area contributed by atoms with Crippen LogP contribution in [0.15, 0.2) is 36.9 Å². The van der Waals surface area contributed by atoms with Gasteiger partial charge in [0.15, 0.2) is 0 Å². The quantitative estimate of drug-likeness (QED) is 0.396. The van der Waals surface area contributed by atoms with Crippen molar-refractivity contribution in [3.05, 3.63) is 47.0 Å². The lowest BCUT2D eigenvalue weighted by Gasteiger charge is -2.27. The lowest BCUT2D eigenvalue weighted by Crippen LogP contribution is -2.34. The Morgan fingerprint density at radius 1 is 1.33 bits per heavy atom. The van der Waals surface area contributed by atoms with Gasteiger partial charge in [0.2, 0.25) is 0 Å². The normalized spacial score (nSPS) is 16.4. The van der Waals surface area contributed by atoms with E-state index in [1.807, 2.05) is 22.9 Å². The summed E-state index contributed by atoms with van der Waals surface area (Å²) in [5.74, 6) is 0.542. The summed E-state index contributed by atoms with van der Waals surface area (Å²) >= 11 is 12.8. The van der Waals surface area contributed by atoms with Crippen molar-refractivity contribution >= 4 is 45.9 Å².